The zero-order valence-electron chi connectivity index (χ0n) is 14.2. The Morgan fingerprint density at radius 3 is 2.76 bits per heavy atom. The number of carbonyl (C=O) groups excluding carboxylic acids is 1. The van der Waals surface area contributed by atoms with E-state index in [0.717, 1.165) is 12.3 Å². The molecule has 25 heavy (non-hydrogen) atoms. The van der Waals surface area contributed by atoms with Crippen LogP contribution in [0.2, 0.25) is 0 Å². The third kappa shape index (κ3) is 2.90. The van der Waals surface area contributed by atoms with E-state index in [-0.39, 0.29) is 29.5 Å². The van der Waals surface area contributed by atoms with E-state index in [9.17, 15) is 14.4 Å². The van der Waals surface area contributed by atoms with Crippen LogP contribution in [0.5, 0.6) is 0 Å². The predicted octanol–water partition coefficient (Wildman–Crippen LogP) is 1.63. The highest BCUT2D eigenvalue weighted by molar-refractivity contribution is 5.80. The standard InChI is InChI=1S/C19H23N3O3/c23-17(15-9-8-12-4-3-7-13(12)15)20-10-11-22-19(25)16-6-2-1-5-14(16)18(24)21-22/h1-2,5-6,12-13,15H,3-4,7-11H2,(H,20,23)(H,21,24)/t12-,13-,15-/m0/s1. The Kier molecular flexibility index (Phi) is 4.19. The smallest absolute Gasteiger partial charge is 0.273 e. The first-order valence-electron chi connectivity index (χ1n) is 9.15. The lowest BCUT2D eigenvalue weighted by molar-refractivity contribution is -0.126. The van der Waals surface area contributed by atoms with Crippen molar-refractivity contribution in [2.75, 3.05) is 6.54 Å². The summed E-state index contributed by atoms with van der Waals surface area (Å²) in [6, 6.07) is 6.77. The average molecular weight is 341 g/mol. The van der Waals surface area contributed by atoms with E-state index >= 15 is 0 Å². The highest BCUT2D eigenvalue weighted by Gasteiger charge is 2.42. The van der Waals surface area contributed by atoms with Crippen LogP contribution in [0.4, 0.5) is 0 Å². The van der Waals surface area contributed by atoms with E-state index in [1.54, 1.807) is 24.3 Å². The molecule has 4 rings (SSSR count). The third-order valence-electron chi connectivity index (χ3n) is 5.94. The molecule has 1 heterocycles. The van der Waals surface area contributed by atoms with Crippen LogP contribution >= 0.6 is 0 Å². The Balaban J connectivity index is 1.43. The van der Waals surface area contributed by atoms with Crippen LogP contribution < -0.4 is 16.4 Å². The largest absolute Gasteiger partial charge is 0.354 e. The van der Waals surface area contributed by atoms with E-state index in [1.807, 2.05) is 0 Å². The van der Waals surface area contributed by atoms with Crippen LogP contribution in [0.15, 0.2) is 33.9 Å². The topological polar surface area (TPSA) is 84.0 Å². The zero-order chi connectivity index (χ0) is 17.4. The number of fused-ring (bicyclic) bond motifs is 2. The van der Waals surface area contributed by atoms with Crippen molar-refractivity contribution < 1.29 is 4.79 Å². The average Bonchev–Trinajstić information content (AvgIpc) is 3.22. The summed E-state index contributed by atoms with van der Waals surface area (Å²) in [5.74, 6) is 1.50. The van der Waals surface area contributed by atoms with Gasteiger partial charge in [-0.15, -0.1) is 0 Å². The molecule has 0 bridgehead atoms. The summed E-state index contributed by atoms with van der Waals surface area (Å²) >= 11 is 0. The number of benzene rings is 1. The van der Waals surface area contributed by atoms with Crippen molar-refractivity contribution in [3.05, 3.63) is 45.0 Å². The number of nitrogens with one attached hydrogen (secondary N) is 2. The molecular weight excluding hydrogens is 318 g/mol. The summed E-state index contributed by atoms with van der Waals surface area (Å²) in [7, 11) is 0. The summed E-state index contributed by atoms with van der Waals surface area (Å²) in [6.45, 7) is 0.617. The fourth-order valence-corrected chi connectivity index (χ4v) is 4.71. The molecule has 1 amide bonds. The lowest BCUT2D eigenvalue weighted by Gasteiger charge is -2.18. The van der Waals surface area contributed by atoms with E-state index in [2.05, 4.69) is 10.4 Å². The molecule has 0 radical (unpaired) electrons. The van der Waals surface area contributed by atoms with Crippen LogP contribution in [0.25, 0.3) is 10.8 Å². The van der Waals surface area contributed by atoms with Crippen LogP contribution in [-0.2, 0) is 11.3 Å². The molecule has 2 N–H and O–H groups in total. The van der Waals surface area contributed by atoms with Gasteiger partial charge < -0.3 is 5.32 Å². The number of hydrogen-bond acceptors (Lipinski definition) is 3. The van der Waals surface area contributed by atoms with E-state index in [4.69, 9.17) is 0 Å². The number of rotatable bonds is 4. The number of nitrogens with zero attached hydrogens (tertiary/aromatic N) is 1. The molecule has 1 aromatic carbocycles. The second kappa shape index (κ2) is 6.50. The highest BCUT2D eigenvalue weighted by Crippen LogP contribution is 2.47. The highest BCUT2D eigenvalue weighted by atomic mass is 16.2. The lowest BCUT2D eigenvalue weighted by Crippen LogP contribution is -2.38. The first-order chi connectivity index (χ1) is 12.1. The van der Waals surface area contributed by atoms with Crippen LogP contribution in [0, 0.1) is 17.8 Å². The van der Waals surface area contributed by atoms with Crippen molar-refractivity contribution >= 4 is 16.7 Å². The predicted molar refractivity (Wildman–Crippen MR) is 95.4 cm³/mol. The molecule has 2 fully saturated rings. The van der Waals surface area contributed by atoms with Crippen LogP contribution in [-0.4, -0.2) is 22.2 Å². The van der Waals surface area contributed by atoms with Crippen LogP contribution in [0.1, 0.15) is 32.1 Å². The van der Waals surface area contributed by atoms with Gasteiger partial charge in [0.15, 0.2) is 0 Å². The number of H-pyrrole nitrogens is 1. The van der Waals surface area contributed by atoms with Gasteiger partial charge in [-0.2, -0.15) is 0 Å². The van der Waals surface area contributed by atoms with Gasteiger partial charge in [-0.25, -0.2) is 4.68 Å². The maximum absolute atomic E-state index is 12.5. The van der Waals surface area contributed by atoms with Gasteiger partial charge in [0.25, 0.3) is 11.1 Å². The fourth-order valence-electron chi connectivity index (χ4n) is 4.71. The Morgan fingerprint density at radius 2 is 1.92 bits per heavy atom. The van der Waals surface area contributed by atoms with Gasteiger partial charge in [-0.1, -0.05) is 25.0 Å². The lowest BCUT2D eigenvalue weighted by atomic mass is 9.91. The second-order valence-electron chi connectivity index (χ2n) is 7.27. The molecule has 2 saturated carbocycles. The summed E-state index contributed by atoms with van der Waals surface area (Å²) < 4.78 is 1.29. The Bertz CT molecular complexity index is 914. The zero-order valence-corrected chi connectivity index (χ0v) is 14.2. The van der Waals surface area contributed by atoms with Crippen molar-refractivity contribution in [2.24, 2.45) is 17.8 Å². The minimum absolute atomic E-state index is 0.102. The van der Waals surface area contributed by atoms with Crippen molar-refractivity contribution in [3.8, 4) is 0 Å². The van der Waals surface area contributed by atoms with E-state index in [0.29, 0.717) is 23.2 Å². The summed E-state index contributed by atoms with van der Waals surface area (Å²) in [5, 5.41) is 6.36. The van der Waals surface area contributed by atoms with Crippen molar-refractivity contribution in [3.63, 3.8) is 0 Å². The fraction of sp³-hybridized carbons (Fsp3) is 0.526. The number of hydrogen-bond donors (Lipinski definition) is 2. The SMILES string of the molecule is O=C(NCCn1[nH]c(=O)c2ccccc2c1=O)[C@H]1CC[C@@H]2CCC[C@@H]21. The molecule has 0 unspecified atom stereocenters. The summed E-state index contributed by atoms with van der Waals surface area (Å²) in [5.41, 5.74) is -0.521. The third-order valence-corrected chi connectivity index (χ3v) is 5.94. The molecule has 2 aromatic rings. The second-order valence-corrected chi connectivity index (χ2v) is 7.27. The molecule has 2 aliphatic rings. The molecule has 0 spiro atoms. The Morgan fingerprint density at radius 1 is 1.12 bits per heavy atom. The minimum Gasteiger partial charge on any atom is -0.354 e. The van der Waals surface area contributed by atoms with Crippen molar-refractivity contribution in [1.82, 2.24) is 15.1 Å². The van der Waals surface area contributed by atoms with Crippen molar-refractivity contribution in [1.29, 1.82) is 0 Å². The molecule has 1 aromatic heterocycles. The van der Waals surface area contributed by atoms with Crippen LogP contribution in [0.3, 0.4) is 0 Å². The Labute approximate surface area is 145 Å². The van der Waals surface area contributed by atoms with E-state index in [1.165, 1.54) is 30.4 Å². The molecule has 6 heteroatoms. The first-order valence-corrected chi connectivity index (χ1v) is 9.15. The molecule has 0 saturated heterocycles. The van der Waals surface area contributed by atoms with Gasteiger partial charge in [-0.05, 0) is 43.2 Å². The number of amides is 1. The number of aromatic nitrogens is 2. The van der Waals surface area contributed by atoms with Gasteiger partial charge in [0.2, 0.25) is 5.91 Å². The minimum atomic E-state index is -0.286. The molecule has 2 aliphatic carbocycles. The van der Waals surface area contributed by atoms with E-state index < -0.39 is 0 Å². The molecule has 0 aliphatic heterocycles. The first kappa shape index (κ1) is 16.1. The molecular formula is C19H23N3O3. The normalized spacial score (nSPS) is 25.2. The van der Waals surface area contributed by atoms with Gasteiger partial charge in [-0.3, -0.25) is 19.5 Å². The van der Waals surface area contributed by atoms with Gasteiger partial charge in [0, 0.05) is 12.5 Å². The van der Waals surface area contributed by atoms with Crippen molar-refractivity contribution in [2.45, 2.75) is 38.6 Å². The molecule has 6 nitrogen and oxygen atoms in total. The van der Waals surface area contributed by atoms with Gasteiger partial charge >= 0.3 is 0 Å². The van der Waals surface area contributed by atoms with Gasteiger partial charge in [0.1, 0.15) is 0 Å². The number of carbonyl (C=O) groups is 1. The summed E-state index contributed by atoms with van der Waals surface area (Å²) in [4.78, 5) is 37.0. The molecule has 3 atom stereocenters. The summed E-state index contributed by atoms with van der Waals surface area (Å²) in [6.07, 6.45) is 5.82. The maximum atomic E-state index is 12.5. The quantitative estimate of drug-likeness (QED) is 0.886. The Hall–Kier alpha value is -2.37. The molecule has 132 valence electrons. The number of aromatic amines is 1. The van der Waals surface area contributed by atoms with Gasteiger partial charge in [0.05, 0.1) is 17.3 Å². The maximum Gasteiger partial charge on any atom is 0.273 e. The monoisotopic (exact) mass is 341 g/mol.